The summed E-state index contributed by atoms with van der Waals surface area (Å²) in [6.07, 6.45) is 0. The van der Waals surface area contributed by atoms with E-state index in [1.165, 1.54) is 78.4 Å². The first kappa shape index (κ1) is 34.2. The normalized spacial score (nSPS) is 12.3. The van der Waals surface area contributed by atoms with Gasteiger partial charge < -0.3 is 0 Å². The molecule has 0 heterocycles. The molecule has 46 heavy (non-hydrogen) atoms. The molecule has 1 unspecified atom stereocenters. The molecule has 0 aromatic heterocycles. The minimum atomic E-state index is -2.27. The molecule has 0 aliphatic carbocycles. The van der Waals surface area contributed by atoms with Gasteiger partial charge in [0.05, 0.1) is 0 Å². The molecular weight excluding hydrogens is 629 g/mol. The molecule has 5 rings (SSSR count). The van der Waals surface area contributed by atoms with Crippen molar-refractivity contribution in [1.29, 1.82) is 0 Å². The third kappa shape index (κ3) is 6.92. The van der Waals surface area contributed by atoms with Crippen LogP contribution in [0.4, 0.5) is 0 Å². The Balaban J connectivity index is 1.88. The molecule has 2 heteroatoms. The van der Waals surface area contributed by atoms with Crippen LogP contribution in [0.3, 0.4) is 0 Å². The van der Waals surface area contributed by atoms with Gasteiger partial charge in [0, 0.05) is 0 Å². The van der Waals surface area contributed by atoms with Gasteiger partial charge in [0.15, 0.2) is 0 Å². The first-order chi connectivity index (χ1) is 21.8. The van der Waals surface area contributed by atoms with E-state index >= 15 is 0 Å². The van der Waals surface area contributed by atoms with Gasteiger partial charge in [0.25, 0.3) is 0 Å². The maximum absolute atomic E-state index is 2.45. The summed E-state index contributed by atoms with van der Waals surface area (Å²) < 4.78 is 3.81. The standard InChI is InChI=1S/C44H52GeSi/c1-27-18-31(5)41(32(6)19-27)45(42-33(7)20-28(2)21-34(42)8)40(39-16-14-13-15-17-39)26-46(43-35(9)22-29(3)23-36(43)10)44-37(11)24-30(4)25-38(44)12/h13-25,40H,26H2,1-12H3. The van der Waals surface area contributed by atoms with Crippen LogP contribution in [0.5, 0.6) is 0 Å². The van der Waals surface area contributed by atoms with Gasteiger partial charge in [-0.25, -0.2) is 0 Å². The van der Waals surface area contributed by atoms with E-state index in [1.54, 1.807) is 19.2 Å². The zero-order valence-corrected chi connectivity index (χ0v) is 33.4. The number of benzene rings is 5. The average molecular weight is 682 g/mol. The number of hydrogen-bond donors (Lipinski definition) is 0. The van der Waals surface area contributed by atoms with Crippen LogP contribution in [-0.2, 0) is 0 Å². The number of aryl methyl sites for hydroxylation is 12. The summed E-state index contributed by atoms with van der Waals surface area (Å²) in [5.41, 5.74) is 18.7. The molecule has 0 aliphatic heterocycles. The van der Waals surface area contributed by atoms with E-state index in [9.17, 15) is 0 Å². The van der Waals surface area contributed by atoms with Crippen molar-refractivity contribution in [1.82, 2.24) is 0 Å². The fourth-order valence-corrected chi connectivity index (χ4v) is 22.1. The second-order valence-electron chi connectivity index (χ2n) is 14.2. The molecular formula is C44H52GeSi. The van der Waals surface area contributed by atoms with Crippen molar-refractivity contribution in [2.75, 3.05) is 0 Å². The van der Waals surface area contributed by atoms with Crippen molar-refractivity contribution < 1.29 is 0 Å². The Labute approximate surface area is 286 Å². The second-order valence-corrected chi connectivity index (χ2v) is 21.8. The molecule has 236 valence electrons. The maximum atomic E-state index is 2.45. The Morgan fingerprint density at radius 3 is 1.07 bits per heavy atom. The van der Waals surface area contributed by atoms with Crippen LogP contribution < -0.4 is 19.2 Å². The van der Waals surface area contributed by atoms with Crippen molar-refractivity contribution in [2.24, 2.45) is 0 Å². The summed E-state index contributed by atoms with van der Waals surface area (Å²) in [6, 6.07) is 32.4. The van der Waals surface area contributed by atoms with E-state index in [0.717, 1.165) is 0 Å². The molecule has 5 aromatic rings. The zero-order valence-electron chi connectivity index (χ0n) is 30.3. The van der Waals surface area contributed by atoms with Gasteiger partial charge in [0.2, 0.25) is 0 Å². The summed E-state index contributed by atoms with van der Waals surface area (Å²) >= 11 is -2.27. The molecule has 2 radical (unpaired) electrons. The molecule has 5 aromatic carbocycles. The number of rotatable bonds is 8. The van der Waals surface area contributed by atoms with Gasteiger partial charge in [-0.1, -0.05) is 0 Å². The SMILES string of the molecule is Cc1cc(C)c([Si](C[CH](c2ccccc2)[Ge]([c]2c(C)cc(C)cc2C)[c]2c(C)cc(C)cc2C)c2c(C)cc(C)cc2C)c(C)c1. The fourth-order valence-electron chi connectivity index (χ4n) is 8.60. The Morgan fingerprint density at radius 1 is 0.435 bits per heavy atom. The molecule has 0 saturated heterocycles. The van der Waals surface area contributed by atoms with Gasteiger partial charge >= 0.3 is 287 Å². The molecule has 0 amide bonds. The van der Waals surface area contributed by atoms with E-state index in [0.29, 0.717) is 4.75 Å². The van der Waals surface area contributed by atoms with Crippen molar-refractivity contribution in [3.05, 3.63) is 151 Å². The van der Waals surface area contributed by atoms with Crippen LogP contribution >= 0.6 is 0 Å². The fraction of sp³-hybridized carbons (Fsp3) is 0.318. The van der Waals surface area contributed by atoms with Gasteiger partial charge in [-0.2, -0.15) is 0 Å². The van der Waals surface area contributed by atoms with Gasteiger partial charge in [-0.3, -0.25) is 0 Å². The van der Waals surface area contributed by atoms with E-state index < -0.39 is 23.1 Å². The van der Waals surface area contributed by atoms with Crippen molar-refractivity contribution >= 4 is 42.3 Å². The van der Waals surface area contributed by atoms with E-state index in [1.807, 2.05) is 0 Å². The predicted octanol–water partition coefficient (Wildman–Crippen LogP) is 8.63. The van der Waals surface area contributed by atoms with Crippen LogP contribution in [-0.4, -0.2) is 23.1 Å². The molecule has 0 aliphatic rings. The summed E-state index contributed by atoms with van der Waals surface area (Å²) in [7, 11) is -1.18. The van der Waals surface area contributed by atoms with E-state index in [-0.39, 0.29) is 0 Å². The van der Waals surface area contributed by atoms with Gasteiger partial charge in [-0.05, 0) is 0 Å². The van der Waals surface area contributed by atoms with Crippen LogP contribution in [0, 0.1) is 83.1 Å². The van der Waals surface area contributed by atoms with Gasteiger partial charge in [0.1, 0.15) is 0 Å². The summed E-state index contributed by atoms with van der Waals surface area (Å²) in [4.78, 5) is 0. The Morgan fingerprint density at radius 2 is 0.739 bits per heavy atom. The van der Waals surface area contributed by atoms with Crippen molar-refractivity contribution in [3.63, 3.8) is 0 Å². The molecule has 0 fully saturated rings. The molecule has 0 nitrogen and oxygen atoms in total. The molecule has 1 atom stereocenters. The quantitative estimate of drug-likeness (QED) is 0.144. The topological polar surface area (TPSA) is 0 Å². The third-order valence-corrected chi connectivity index (χ3v) is 22.4. The van der Waals surface area contributed by atoms with Crippen LogP contribution in [0.25, 0.3) is 0 Å². The van der Waals surface area contributed by atoms with Crippen LogP contribution in [0.15, 0.2) is 78.9 Å². The summed E-state index contributed by atoms with van der Waals surface area (Å²) in [5.74, 6) is 0. The van der Waals surface area contributed by atoms with Crippen LogP contribution in [0.1, 0.15) is 77.1 Å². The Kier molecular flexibility index (Phi) is 10.3. The Bertz CT molecular complexity index is 1690. The molecule has 0 bridgehead atoms. The zero-order chi connectivity index (χ0) is 33.4. The monoisotopic (exact) mass is 682 g/mol. The molecule has 0 spiro atoms. The first-order valence-corrected chi connectivity index (χ1v) is 21.9. The van der Waals surface area contributed by atoms with Crippen LogP contribution in [0.2, 0.25) is 6.04 Å². The summed E-state index contributed by atoms with van der Waals surface area (Å²) in [5, 5.41) is 3.25. The second kappa shape index (κ2) is 13.9. The number of hydrogen-bond acceptors (Lipinski definition) is 0. The predicted molar refractivity (Wildman–Crippen MR) is 207 cm³/mol. The van der Waals surface area contributed by atoms with E-state index in [2.05, 4.69) is 162 Å². The molecule has 0 saturated carbocycles. The first-order valence-electron chi connectivity index (χ1n) is 16.9. The Hall–Kier alpha value is -3.14. The van der Waals surface area contributed by atoms with Crippen molar-refractivity contribution in [2.45, 2.75) is 93.9 Å². The minimum absolute atomic E-state index is 0.468. The third-order valence-electron chi connectivity index (χ3n) is 9.81. The average Bonchev–Trinajstić information content (AvgIpc) is 2.93. The van der Waals surface area contributed by atoms with Crippen molar-refractivity contribution in [3.8, 4) is 0 Å². The van der Waals surface area contributed by atoms with Gasteiger partial charge in [-0.15, -0.1) is 0 Å². The molecule has 0 N–H and O–H groups in total. The summed E-state index contributed by atoms with van der Waals surface area (Å²) in [6.45, 7) is 28.0. The van der Waals surface area contributed by atoms with E-state index in [4.69, 9.17) is 0 Å².